The van der Waals surface area contributed by atoms with E-state index in [4.69, 9.17) is 0 Å². The van der Waals surface area contributed by atoms with Gasteiger partial charge in [0.25, 0.3) is 0 Å². The molecular formula is C14H18BrN5. The Labute approximate surface area is 127 Å². The lowest BCUT2D eigenvalue weighted by Gasteiger charge is -2.17. The molecule has 1 aromatic heterocycles. The minimum absolute atomic E-state index is 0.734. The maximum absolute atomic E-state index is 4.26. The molecule has 1 heterocycles. The molecule has 0 spiro atoms. The monoisotopic (exact) mass is 335 g/mol. The largest absolute Gasteiger partial charge is 0.377 e. The molecule has 0 fully saturated rings. The van der Waals surface area contributed by atoms with Gasteiger partial charge in [-0.25, -0.2) is 9.97 Å². The van der Waals surface area contributed by atoms with Crippen LogP contribution in [0.1, 0.15) is 5.56 Å². The van der Waals surface area contributed by atoms with Crippen LogP contribution < -0.4 is 15.5 Å². The topological polar surface area (TPSA) is 53.1 Å². The van der Waals surface area contributed by atoms with E-state index in [1.165, 1.54) is 17.6 Å². The molecule has 5 nitrogen and oxygen atoms in total. The number of nitrogens with zero attached hydrogens (tertiary/aromatic N) is 3. The second kappa shape index (κ2) is 6.09. The molecule has 0 atom stereocenters. The van der Waals surface area contributed by atoms with Crippen molar-refractivity contribution in [3.8, 4) is 0 Å². The van der Waals surface area contributed by atoms with Gasteiger partial charge in [-0.3, -0.25) is 0 Å². The van der Waals surface area contributed by atoms with Crippen molar-refractivity contribution in [3.05, 3.63) is 34.6 Å². The van der Waals surface area contributed by atoms with Gasteiger partial charge < -0.3 is 15.5 Å². The number of halogens is 1. The van der Waals surface area contributed by atoms with Crippen LogP contribution in [-0.2, 0) is 0 Å². The van der Waals surface area contributed by atoms with Crippen LogP contribution in [0.3, 0.4) is 0 Å². The summed E-state index contributed by atoms with van der Waals surface area (Å²) in [5, 5.41) is 6.32. The van der Waals surface area contributed by atoms with Crippen molar-refractivity contribution in [2.75, 3.05) is 36.7 Å². The van der Waals surface area contributed by atoms with Crippen molar-refractivity contribution in [1.29, 1.82) is 0 Å². The summed E-state index contributed by atoms with van der Waals surface area (Å²) in [6, 6.07) is 6.23. The third-order valence-corrected chi connectivity index (χ3v) is 3.73. The molecule has 0 unspecified atom stereocenters. The fraction of sp³-hybridized carbons (Fsp3) is 0.286. The standard InChI is InChI=1S/C14H18BrN5/c1-9-5-6-10(7-11(9)20(3)4)19-14-12(15)13(16-2)17-8-18-14/h5-8H,1-4H3,(H2,16,17,18,19). The molecule has 20 heavy (non-hydrogen) atoms. The van der Waals surface area contributed by atoms with E-state index in [0.29, 0.717) is 0 Å². The van der Waals surface area contributed by atoms with Crippen LogP contribution in [0.2, 0.25) is 0 Å². The lowest BCUT2D eigenvalue weighted by atomic mass is 10.1. The fourth-order valence-corrected chi connectivity index (χ4v) is 2.44. The van der Waals surface area contributed by atoms with E-state index in [-0.39, 0.29) is 0 Å². The van der Waals surface area contributed by atoms with Crippen molar-refractivity contribution in [3.63, 3.8) is 0 Å². The molecule has 2 N–H and O–H groups in total. The van der Waals surface area contributed by atoms with E-state index in [0.717, 1.165) is 21.8 Å². The summed E-state index contributed by atoms with van der Waals surface area (Å²) in [6.45, 7) is 2.10. The Hall–Kier alpha value is -1.82. The normalized spacial score (nSPS) is 10.2. The van der Waals surface area contributed by atoms with Crippen LogP contribution in [0.25, 0.3) is 0 Å². The quantitative estimate of drug-likeness (QED) is 0.896. The Bertz CT molecular complexity index is 613. The van der Waals surface area contributed by atoms with E-state index in [1.807, 2.05) is 27.2 Å². The first-order valence-corrected chi connectivity index (χ1v) is 7.05. The second-order valence-electron chi connectivity index (χ2n) is 4.66. The minimum atomic E-state index is 0.734. The summed E-state index contributed by atoms with van der Waals surface area (Å²) >= 11 is 3.50. The van der Waals surface area contributed by atoms with Crippen LogP contribution >= 0.6 is 15.9 Å². The lowest BCUT2D eigenvalue weighted by Crippen LogP contribution is -2.10. The van der Waals surface area contributed by atoms with Crippen LogP contribution in [-0.4, -0.2) is 31.1 Å². The Morgan fingerprint density at radius 2 is 1.85 bits per heavy atom. The number of nitrogens with one attached hydrogen (secondary N) is 2. The third kappa shape index (κ3) is 3.01. The molecule has 0 bridgehead atoms. The first kappa shape index (κ1) is 14.6. The van der Waals surface area contributed by atoms with Crippen LogP contribution in [0.4, 0.5) is 23.0 Å². The first-order chi connectivity index (χ1) is 9.52. The molecule has 0 aliphatic heterocycles. The Morgan fingerprint density at radius 1 is 1.15 bits per heavy atom. The van der Waals surface area contributed by atoms with Gasteiger partial charge in [0.15, 0.2) is 0 Å². The van der Waals surface area contributed by atoms with E-state index in [1.54, 1.807) is 0 Å². The molecule has 0 saturated heterocycles. The van der Waals surface area contributed by atoms with Crippen LogP contribution in [0, 0.1) is 6.92 Å². The van der Waals surface area contributed by atoms with E-state index in [2.05, 4.69) is 60.5 Å². The van der Waals surface area contributed by atoms with Gasteiger partial charge in [0.2, 0.25) is 0 Å². The number of hydrogen-bond donors (Lipinski definition) is 2. The molecule has 2 rings (SSSR count). The molecule has 0 saturated carbocycles. The first-order valence-electron chi connectivity index (χ1n) is 6.26. The highest BCUT2D eigenvalue weighted by Crippen LogP contribution is 2.30. The Kier molecular flexibility index (Phi) is 4.44. The molecule has 0 aliphatic carbocycles. The summed E-state index contributed by atoms with van der Waals surface area (Å²) in [6.07, 6.45) is 1.53. The summed E-state index contributed by atoms with van der Waals surface area (Å²) in [5.41, 5.74) is 3.40. The van der Waals surface area contributed by atoms with Gasteiger partial charge in [-0.05, 0) is 40.5 Å². The van der Waals surface area contributed by atoms with E-state index >= 15 is 0 Å². The van der Waals surface area contributed by atoms with Crippen LogP contribution in [0.15, 0.2) is 29.0 Å². The average molecular weight is 336 g/mol. The number of rotatable bonds is 4. The Morgan fingerprint density at radius 3 is 2.50 bits per heavy atom. The fourth-order valence-electron chi connectivity index (χ4n) is 1.94. The molecule has 0 radical (unpaired) electrons. The van der Waals surface area contributed by atoms with Crippen molar-refractivity contribution >= 4 is 38.9 Å². The number of hydrogen-bond acceptors (Lipinski definition) is 5. The summed E-state index contributed by atoms with van der Waals surface area (Å²) in [5.74, 6) is 1.49. The SMILES string of the molecule is CNc1ncnc(Nc2ccc(C)c(N(C)C)c2)c1Br. The van der Waals surface area contributed by atoms with Gasteiger partial charge in [-0.1, -0.05) is 6.07 Å². The molecular weight excluding hydrogens is 318 g/mol. The van der Waals surface area contributed by atoms with Crippen molar-refractivity contribution in [1.82, 2.24) is 9.97 Å². The van der Waals surface area contributed by atoms with Gasteiger partial charge in [0.05, 0.1) is 0 Å². The summed E-state index contributed by atoms with van der Waals surface area (Å²) in [4.78, 5) is 10.5. The van der Waals surface area contributed by atoms with Gasteiger partial charge in [0.1, 0.15) is 22.4 Å². The highest BCUT2D eigenvalue weighted by Gasteiger charge is 2.09. The van der Waals surface area contributed by atoms with Gasteiger partial charge >= 0.3 is 0 Å². The molecule has 0 aliphatic rings. The summed E-state index contributed by atoms with van der Waals surface area (Å²) < 4.78 is 0.814. The van der Waals surface area contributed by atoms with Crippen molar-refractivity contribution in [2.45, 2.75) is 6.92 Å². The van der Waals surface area contributed by atoms with Gasteiger partial charge in [-0.15, -0.1) is 0 Å². The minimum Gasteiger partial charge on any atom is -0.377 e. The molecule has 2 aromatic rings. The zero-order chi connectivity index (χ0) is 14.7. The third-order valence-electron chi connectivity index (χ3n) is 2.98. The predicted octanol–water partition coefficient (Wildman–Crippen LogP) is 3.40. The maximum atomic E-state index is 4.26. The lowest BCUT2D eigenvalue weighted by molar-refractivity contribution is 1.11. The molecule has 0 amide bonds. The number of benzene rings is 1. The molecule has 6 heteroatoms. The molecule has 1 aromatic carbocycles. The second-order valence-corrected chi connectivity index (χ2v) is 5.45. The Balaban J connectivity index is 2.33. The average Bonchev–Trinajstić information content (AvgIpc) is 2.43. The zero-order valence-corrected chi connectivity index (χ0v) is 13.6. The van der Waals surface area contributed by atoms with E-state index < -0.39 is 0 Å². The number of aromatic nitrogens is 2. The van der Waals surface area contributed by atoms with Crippen LogP contribution in [0.5, 0.6) is 0 Å². The highest BCUT2D eigenvalue weighted by molar-refractivity contribution is 9.10. The van der Waals surface area contributed by atoms with Gasteiger partial charge in [-0.2, -0.15) is 0 Å². The number of anilines is 4. The zero-order valence-electron chi connectivity index (χ0n) is 12.0. The number of aryl methyl sites for hydroxylation is 1. The molecule has 106 valence electrons. The maximum Gasteiger partial charge on any atom is 0.150 e. The van der Waals surface area contributed by atoms with Gasteiger partial charge in [0, 0.05) is 32.5 Å². The predicted molar refractivity (Wildman–Crippen MR) is 88.1 cm³/mol. The van der Waals surface area contributed by atoms with Crippen molar-refractivity contribution < 1.29 is 0 Å². The summed E-state index contributed by atoms with van der Waals surface area (Å²) in [7, 11) is 5.89. The highest BCUT2D eigenvalue weighted by atomic mass is 79.9. The smallest absolute Gasteiger partial charge is 0.150 e. The van der Waals surface area contributed by atoms with E-state index in [9.17, 15) is 0 Å². The van der Waals surface area contributed by atoms with Crippen molar-refractivity contribution in [2.24, 2.45) is 0 Å².